The van der Waals surface area contributed by atoms with Gasteiger partial charge in [0.15, 0.2) is 0 Å². The van der Waals surface area contributed by atoms with Crippen molar-refractivity contribution in [1.82, 2.24) is 44.7 Å². The number of H-pyrrole nitrogens is 2. The molecule has 280 valence electrons. The lowest BCUT2D eigenvalue weighted by Crippen LogP contribution is -2.54. The van der Waals surface area contributed by atoms with Crippen LogP contribution in [0.25, 0.3) is 21.8 Å². The van der Waals surface area contributed by atoms with Crippen LogP contribution in [0.3, 0.4) is 0 Å². The topological polar surface area (TPSA) is 118 Å². The van der Waals surface area contributed by atoms with Gasteiger partial charge in [0.05, 0.1) is 11.7 Å². The quantitative estimate of drug-likeness (QED) is 0.159. The van der Waals surface area contributed by atoms with E-state index in [1.807, 2.05) is 47.6 Å². The Balaban J connectivity index is 0.885. The van der Waals surface area contributed by atoms with Crippen LogP contribution < -0.4 is 10.9 Å². The molecule has 0 saturated carbocycles. The van der Waals surface area contributed by atoms with Crippen LogP contribution in [0.4, 0.5) is 4.79 Å². The molecule has 1 atom stereocenters. The molecule has 11 heteroatoms. The Morgan fingerprint density at radius 3 is 2.51 bits per heavy atom. The molecular formula is C42H55N9O2. The summed E-state index contributed by atoms with van der Waals surface area (Å²) in [4.78, 5) is 41.9. The molecule has 3 fully saturated rings. The van der Waals surface area contributed by atoms with E-state index in [4.69, 9.17) is 4.98 Å². The number of amides is 2. The van der Waals surface area contributed by atoms with Gasteiger partial charge in [-0.2, -0.15) is 5.10 Å². The summed E-state index contributed by atoms with van der Waals surface area (Å²) in [5, 5.41) is 13.0. The molecule has 3 aliphatic heterocycles. The van der Waals surface area contributed by atoms with Gasteiger partial charge in [0.2, 0.25) is 0 Å². The summed E-state index contributed by atoms with van der Waals surface area (Å²) in [5.74, 6) is 1.99. The maximum absolute atomic E-state index is 13.9. The number of urea groups is 1. The van der Waals surface area contributed by atoms with E-state index < -0.39 is 0 Å². The maximum atomic E-state index is 13.9. The molecule has 0 bridgehead atoms. The van der Waals surface area contributed by atoms with Gasteiger partial charge in [-0.3, -0.25) is 9.89 Å². The minimum atomic E-state index is -0.0218. The Bertz CT molecular complexity index is 2060. The molecule has 3 aromatic heterocycles. The Morgan fingerprint density at radius 1 is 0.943 bits per heavy atom. The van der Waals surface area contributed by atoms with Crippen LogP contribution in [0, 0.1) is 6.92 Å². The Labute approximate surface area is 312 Å². The van der Waals surface area contributed by atoms with Crippen molar-refractivity contribution in [3.8, 4) is 0 Å². The largest absolute Gasteiger partial charge is 0.335 e. The van der Waals surface area contributed by atoms with Crippen molar-refractivity contribution in [3.63, 3.8) is 0 Å². The summed E-state index contributed by atoms with van der Waals surface area (Å²) in [6.45, 7) is 11.9. The van der Waals surface area contributed by atoms with E-state index in [0.717, 1.165) is 105 Å². The van der Waals surface area contributed by atoms with E-state index in [0.29, 0.717) is 25.0 Å². The number of aromatic amines is 2. The number of para-hydroxylation sites is 1. The number of hydrogen-bond acceptors (Lipinski definition) is 6. The molecule has 0 aliphatic carbocycles. The second-order valence-electron chi connectivity index (χ2n) is 15.8. The zero-order valence-electron chi connectivity index (χ0n) is 31.4. The lowest BCUT2D eigenvalue weighted by molar-refractivity contribution is 0.0818. The van der Waals surface area contributed by atoms with Crippen LogP contribution >= 0.6 is 0 Å². The summed E-state index contributed by atoms with van der Waals surface area (Å²) >= 11 is 0. The number of pyridine rings is 1. The highest BCUT2D eigenvalue weighted by molar-refractivity contribution is 5.82. The number of aryl methyl sites for hydroxylation is 2. The van der Waals surface area contributed by atoms with Crippen molar-refractivity contribution < 1.29 is 4.79 Å². The van der Waals surface area contributed by atoms with Crippen molar-refractivity contribution in [2.45, 2.75) is 95.7 Å². The first-order chi connectivity index (χ1) is 25.9. The average molecular weight is 718 g/mol. The molecular weight excluding hydrogens is 663 g/mol. The van der Waals surface area contributed by atoms with Gasteiger partial charge in [-0.15, -0.1) is 0 Å². The molecule has 2 amide bonds. The molecule has 2 aromatic carbocycles. The highest BCUT2D eigenvalue weighted by Crippen LogP contribution is 2.31. The van der Waals surface area contributed by atoms with Gasteiger partial charge < -0.3 is 29.6 Å². The molecule has 5 aromatic rings. The van der Waals surface area contributed by atoms with Crippen LogP contribution in [-0.4, -0.2) is 103 Å². The van der Waals surface area contributed by atoms with Gasteiger partial charge in [-0.1, -0.05) is 31.2 Å². The minimum absolute atomic E-state index is 0.000640. The van der Waals surface area contributed by atoms with E-state index >= 15 is 0 Å². The van der Waals surface area contributed by atoms with Crippen LogP contribution in [0.15, 0.2) is 65.8 Å². The van der Waals surface area contributed by atoms with Gasteiger partial charge in [-0.25, -0.2) is 9.78 Å². The first kappa shape index (κ1) is 35.5. The number of nitrogens with one attached hydrogen (secondary N) is 3. The van der Waals surface area contributed by atoms with E-state index in [1.165, 1.54) is 29.8 Å². The number of carbonyl (C=O) groups is 1. The average Bonchev–Trinajstić information content (AvgIpc) is 3.86. The van der Waals surface area contributed by atoms with Gasteiger partial charge in [-0.05, 0) is 125 Å². The van der Waals surface area contributed by atoms with Crippen molar-refractivity contribution in [2.75, 3.05) is 45.8 Å². The zero-order chi connectivity index (χ0) is 36.3. The Kier molecular flexibility index (Phi) is 10.6. The van der Waals surface area contributed by atoms with Crippen LogP contribution in [-0.2, 0) is 13.0 Å². The third-order valence-corrected chi connectivity index (χ3v) is 12.3. The Hall–Kier alpha value is -4.48. The van der Waals surface area contributed by atoms with Gasteiger partial charge >= 0.3 is 6.03 Å². The van der Waals surface area contributed by atoms with E-state index in [2.05, 4.69) is 67.0 Å². The monoisotopic (exact) mass is 717 g/mol. The second-order valence-corrected chi connectivity index (χ2v) is 15.8. The highest BCUT2D eigenvalue weighted by Gasteiger charge is 2.32. The van der Waals surface area contributed by atoms with Crippen molar-refractivity contribution in [3.05, 3.63) is 93.9 Å². The van der Waals surface area contributed by atoms with Crippen molar-refractivity contribution in [1.29, 1.82) is 0 Å². The molecule has 3 aliphatic rings. The summed E-state index contributed by atoms with van der Waals surface area (Å²) in [7, 11) is 0. The molecule has 11 nitrogen and oxygen atoms in total. The van der Waals surface area contributed by atoms with Gasteiger partial charge in [0.1, 0.15) is 5.82 Å². The molecule has 3 saturated heterocycles. The maximum Gasteiger partial charge on any atom is 0.317 e. The third kappa shape index (κ3) is 7.92. The number of nitrogens with zero attached hydrogens (tertiary/aromatic N) is 6. The van der Waals surface area contributed by atoms with E-state index in [1.54, 1.807) is 0 Å². The molecule has 0 radical (unpaired) electrons. The smallest absolute Gasteiger partial charge is 0.317 e. The van der Waals surface area contributed by atoms with E-state index in [9.17, 15) is 9.59 Å². The summed E-state index contributed by atoms with van der Waals surface area (Å²) in [6, 6.07) is 15.0. The number of imidazole rings is 1. The van der Waals surface area contributed by atoms with Crippen LogP contribution in [0.2, 0.25) is 0 Å². The van der Waals surface area contributed by atoms with Crippen LogP contribution in [0.5, 0.6) is 0 Å². The summed E-state index contributed by atoms with van der Waals surface area (Å²) in [5.41, 5.74) is 5.14. The number of rotatable bonds is 10. The molecule has 0 unspecified atom stereocenters. The summed E-state index contributed by atoms with van der Waals surface area (Å²) in [6.07, 6.45) is 14.2. The van der Waals surface area contributed by atoms with E-state index in [-0.39, 0.29) is 23.6 Å². The fourth-order valence-electron chi connectivity index (χ4n) is 9.42. The summed E-state index contributed by atoms with van der Waals surface area (Å²) < 4.78 is 2.36. The highest BCUT2D eigenvalue weighted by atomic mass is 16.2. The Morgan fingerprint density at radius 2 is 1.72 bits per heavy atom. The van der Waals surface area contributed by atoms with Crippen molar-refractivity contribution in [2.24, 2.45) is 0 Å². The first-order valence-electron chi connectivity index (χ1n) is 20.0. The number of aromatic nitrogens is 5. The fraction of sp³-hybridized carbons (Fsp3) is 0.524. The number of benzene rings is 2. The number of carbonyl (C=O) groups excluding carboxylic acids is 1. The minimum Gasteiger partial charge on any atom is -0.335 e. The molecule has 0 spiro atoms. The van der Waals surface area contributed by atoms with Gasteiger partial charge in [0.25, 0.3) is 5.56 Å². The van der Waals surface area contributed by atoms with Crippen LogP contribution in [0.1, 0.15) is 86.2 Å². The molecule has 8 rings (SSSR count). The molecule has 3 N–H and O–H groups in total. The molecule has 53 heavy (non-hydrogen) atoms. The lowest BCUT2D eigenvalue weighted by Gasteiger charge is -2.42. The second kappa shape index (κ2) is 15.9. The number of hydrogen-bond donors (Lipinski definition) is 3. The number of piperidine rings is 3. The predicted molar refractivity (Wildman–Crippen MR) is 210 cm³/mol. The SMILES string of the molecule is CCCn1ccnc1C1CCN(C2CCN(C[C@@H](Cc3cc(C)c4[nH]ncc4c3)NC(=O)N3CCC(c4cc5ccccc5[nH]c4=O)CC3)CC2)CC1. The normalized spacial score (nSPS) is 19.3. The third-order valence-electron chi connectivity index (χ3n) is 12.3. The zero-order valence-corrected chi connectivity index (χ0v) is 31.4. The molecule has 6 heterocycles. The first-order valence-corrected chi connectivity index (χ1v) is 20.0. The standard InChI is InChI=1S/C42H55N9O2/c1-3-15-50-22-14-43-40(50)32-10-18-49(19-11-32)36-12-16-48(17-13-36)28-35(25-30-23-29(2)39-34(24-30)27-44-47-39)45-42(53)51-20-8-31(9-21-51)37-26-33-6-4-5-7-38(33)46-41(37)52/h4-7,14,22-24,26-27,31-32,35-36H,3,8-13,15-21,25,28H2,1-2H3,(H,44,47)(H,45,53)(H,46,52)/t35-/m1/s1. The number of likely N-dealkylation sites (tertiary alicyclic amines) is 3. The van der Waals surface area contributed by atoms with Gasteiger partial charge in [0, 0.05) is 73.0 Å². The fourth-order valence-corrected chi connectivity index (χ4v) is 9.42. The van der Waals surface area contributed by atoms with Crippen molar-refractivity contribution >= 4 is 27.8 Å². The predicted octanol–water partition coefficient (Wildman–Crippen LogP) is 6.16. The number of fused-ring (bicyclic) bond motifs is 2. The lowest BCUT2D eigenvalue weighted by atomic mass is 9.89.